The van der Waals surface area contributed by atoms with Crippen LogP contribution in [0, 0.1) is 11.8 Å². The zero-order chi connectivity index (χ0) is 10.3. The van der Waals surface area contributed by atoms with Crippen molar-refractivity contribution in [3.05, 3.63) is 24.3 Å². The fraction of sp³-hybridized carbons (Fsp3) is 0.692. The van der Waals surface area contributed by atoms with Gasteiger partial charge in [0.15, 0.2) is 0 Å². The third kappa shape index (κ3) is 4.31. The molecule has 0 aromatic carbocycles. The van der Waals surface area contributed by atoms with Gasteiger partial charge in [0.05, 0.1) is 0 Å². The van der Waals surface area contributed by atoms with Crippen LogP contribution in [0.4, 0.5) is 0 Å². The number of allylic oxidation sites excluding steroid dienone is 3. The van der Waals surface area contributed by atoms with Crippen LogP contribution < -0.4 is 0 Å². The Kier molecular flexibility index (Phi) is 6.66. The van der Waals surface area contributed by atoms with Crippen molar-refractivity contribution >= 4 is 0 Å². The molecule has 0 N–H and O–H groups in total. The van der Waals surface area contributed by atoms with Gasteiger partial charge in [-0.2, -0.15) is 0 Å². The van der Waals surface area contributed by atoms with Crippen LogP contribution >= 0.6 is 0 Å². The average Bonchev–Trinajstić information content (AvgIpc) is 2.16. The van der Waals surface area contributed by atoms with Crippen LogP contribution in [0.1, 0.15) is 47.0 Å². The predicted molar refractivity (Wildman–Crippen MR) is 61.8 cm³/mol. The van der Waals surface area contributed by atoms with Crippen LogP contribution in [-0.4, -0.2) is 0 Å². The Hall–Kier alpha value is -0.520. The van der Waals surface area contributed by atoms with Gasteiger partial charge < -0.3 is 0 Å². The lowest BCUT2D eigenvalue weighted by atomic mass is 9.85. The molecule has 0 saturated heterocycles. The zero-order valence-electron chi connectivity index (χ0n) is 9.64. The molecule has 0 nitrogen and oxygen atoms in total. The molecule has 0 fully saturated rings. The third-order valence-electron chi connectivity index (χ3n) is 3.04. The molecular weight excluding hydrogens is 156 g/mol. The van der Waals surface area contributed by atoms with E-state index >= 15 is 0 Å². The SMILES string of the molecule is C=C/C(=C\C)CC(C)C(CC)CC. The summed E-state index contributed by atoms with van der Waals surface area (Å²) >= 11 is 0. The maximum atomic E-state index is 3.83. The molecule has 0 aliphatic carbocycles. The molecule has 0 heteroatoms. The second-order valence-electron chi connectivity index (χ2n) is 3.83. The molecule has 0 aromatic rings. The van der Waals surface area contributed by atoms with E-state index in [1.54, 1.807) is 0 Å². The fourth-order valence-electron chi connectivity index (χ4n) is 1.95. The number of hydrogen-bond donors (Lipinski definition) is 0. The molecule has 76 valence electrons. The van der Waals surface area contributed by atoms with Crippen LogP contribution in [-0.2, 0) is 0 Å². The second-order valence-corrected chi connectivity index (χ2v) is 3.83. The average molecular weight is 180 g/mol. The lowest BCUT2D eigenvalue weighted by molar-refractivity contribution is 0.336. The van der Waals surface area contributed by atoms with E-state index in [1.165, 1.54) is 24.8 Å². The van der Waals surface area contributed by atoms with Crippen molar-refractivity contribution in [1.82, 2.24) is 0 Å². The summed E-state index contributed by atoms with van der Waals surface area (Å²) in [6.45, 7) is 12.8. The summed E-state index contributed by atoms with van der Waals surface area (Å²) in [7, 11) is 0. The van der Waals surface area contributed by atoms with Crippen LogP contribution in [0.15, 0.2) is 24.3 Å². The highest BCUT2D eigenvalue weighted by molar-refractivity contribution is 5.15. The summed E-state index contributed by atoms with van der Waals surface area (Å²) < 4.78 is 0. The molecule has 0 spiro atoms. The Balaban J connectivity index is 4.10. The first kappa shape index (κ1) is 12.5. The summed E-state index contributed by atoms with van der Waals surface area (Å²) in [5.74, 6) is 1.66. The maximum absolute atomic E-state index is 3.83. The molecule has 0 aromatic heterocycles. The van der Waals surface area contributed by atoms with Gasteiger partial charge in [0.1, 0.15) is 0 Å². The minimum atomic E-state index is 0.791. The van der Waals surface area contributed by atoms with E-state index in [0.717, 1.165) is 11.8 Å². The first-order chi connectivity index (χ1) is 6.19. The number of hydrogen-bond acceptors (Lipinski definition) is 0. The van der Waals surface area contributed by atoms with Gasteiger partial charge in [-0.15, -0.1) is 0 Å². The molecule has 0 aliphatic rings. The van der Waals surface area contributed by atoms with Gasteiger partial charge in [-0.25, -0.2) is 0 Å². The highest BCUT2D eigenvalue weighted by Gasteiger charge is 2.13. The summed E-state index contributed by atoms with van der Waals surface area (Å²) in [6.07, 6.45) is 7.94. The van der Waals surface area contributed by atoms with Gasteiger partial charge in [-0.05, 0) is 25.2 Å². The van der Waals surface area contributed by atoms with E-state index < -0.39 is 0 Å². The van der Waals surface area contributed by atoms with Gasteiger partial charge in [0.2, 0.25) is 0 Å². The van der Waals surface area contributed by atoms with Gasteiger partial charge in [0, 0.05) is 0 Å². The van der Waals surface area contributed by atoms with E-state index in [1.807, 2.05) is 6.08 Å². The molecule has 0 saturated carbocycles. The van der Waals surface area contributed by atoms with Crippen molar-refractivity contribution in [2.24, 2.45) is 11.8 Å². The Morgan fingerprint density at radius 1 is 1.31 bits per heavy atom. The molecule has 0 radical (unpaired) electrons. The Bertz CT molecular complexity index is 161. The monoisotopic (exact) mass is 180 g/mol. The second kappa shape index (κ2) is 6.94. The Morgan fingerprint density at radius 2 is 1.85 bits per heavy atom. The van der Waals surface area contributed by atoms with Crippen molar-refractivity contribution in [3.63, 3.8) is 0 Å². The van der Waals surface area contributed by atoms with E-state index in [4.69, 9.17) is 0 Å². The zero-order valence-corrected chi connectivity index (χ0v) is 9.64. The van der Waals surface area contributed by atoms with E-state index in [9.17, 15) is 0 Å². The van der Waals surface area contributed by atoms with Gasteiger partial charge in [-0.1, -0.05) is 57.9 Å². The van der Waals surface area contributed by atoms with Gasteiger partial charge >= 0.3 is 0 Å². The summed E-state index contributed by atoms with van der Waals surface area (Å²) in [5, 5.41) is 0. The molecule has 0 aliphatic heterocycles. The third-order valence-corrected chi connectivity index (χ3v) is 3.04. The van der Waals surface area contributed by atoms with E-state index in [0.29, 0.717) is 0 Å². The van der Waals surface area contributed by atoms with E-state index in [-0.39, 0.29) is 0 Å². The van der Waals surface area contributed by atoms with Gasteiger partial charge in [-0.3, -0.25) is 0 Å². The minimum absolute atomic E-state index is 0.791. The Labute approximate surface area is 83.7 Å². The molecular formula is C13H24. The molecule has 1 atom stereocenters. The molecule has 13 heavy (non-hydrogen) atoms. The quantitative estimate of drug-likeness (QED) is 0.525. The first-order valence-electron chi connectivity index (χ1n) is 5.47. The summed E-state index contributed by atoms with van der Waals surface area (Å²) in [5.41, 5.74) is 1.39. The highest BCUT2D eigenvalue weighted by Crippen LogP contribution is 2.25. The van der Waals surface area contributed by atoms with Crippen molar-refractivity contribution in [2.75, 3.05) is 0 Å². The van der Waals surface area contributed by atoms with Gasteiger partial charge in [0.25, 0.3) is 0 Å². The van der Waals surface area contributed by atoms with Crippen LogP contribution in [0.25, 0.3) is 0 Å². The van der Waals surface area contributed by atoms with E-state index in [2.05, 4.69) is 40.3 Å². The van der Waals surface area contributed by atoms with Crippen molar-refractivity contribution in [3.8, 4) is 0 Å². The van der Waals surface area contributed by atoms with Crippen LogP contribution in [0.3, 0.4) is 0 Å². The summed E-state index contributed by atoms with van der Waals surface area (Å²) in [4.78, 5) is 0. The topological polar surface area (TPSA) is 0 Å². The summed E-state index contributed by atoms with van der Waals surface area (Å²) in [6, 6.07) is 0. The fourth-order valence-corrected chi connectivity index (χ4v) is 1.95. The molecule has 0 rings (SSSR count). The van der Waals surface area contributed by atoms with Crippen LogP contribution in [0.2, 0.25) is 0 Å². The standard InChI is InChI=1S/C13H24/c1-6-12(7-2)10-11(5)13(8-3)9-4/h6-7,11,13H,1,8-10H2,2-5H3/b12-7+. The molecule has 0 bridgehead atoms. The molecule has 1 unspecified atom stereocenters. The largest absolute Gasteiger partial charge is 0.0988 e. The predicted octanol–water partition coefficient (Wildman–Crippen LogP) is 4.58. The Morgan fingerprint density at radius 3 is 2.15 bits per heavy atom. The first-order valence-corrected chi connectivity index (χ1v) is 5.47. The maximum Gasteiger partial charge on any atom is -0.0254 e. The van der Waals surface area contributed by atoms with Crippen molar-refractivity contribution < 1.29 is 0 Å². The number of rotatable bonds is 6. The normalized spacial score (nSPS) is 14.7. The lowest BCUT2D eigenvalue weighted by Crippen LogP contribution is -2.10. The van der Waals surface area contributed by atoms with Crippen LogP contribution in [0.5, 0.6) is 0 Å². The minimum Gasteiger partial charge on any atom is -0.0988 e. The highest BCUT2D eigenvalue weighted by atomic mass is 14.2. The molecule has 0 amide bonds. The van der Waals surface area contributed by atoms with Crippen molar-refractivity contribution in [1.29, 1.82) is 0 Å². The molecule has 0 heterocycles. The van der Waals surface area contributed by atoms with Crippen molar-refractivity contribution in [2.45, 2.75) is 47.0 Å². The smallest absolute Gasteiger partial charge is 0.0254 e. The lowest BCUT2D eigenvalue weighted by Gasteiger charge is -2.21.